The lowest BCUT2D eigenvalue weighted by molar-refractivity contribution is 0.0930. The summed E-state index contributed by atoms with van der Waals surface area (Å²) in [5.74, 6) is -0.00825. The molecule has 8 heteroatoms. The number of rotatable bonds is 6. The molecule has 7 nitrogen and oxygen atoms in total. The number of hydrogen-bond acceptors (Lipinski definition) is 5. The normalized spacial score (nSPS) is 15.4. The predicted molar refractivity (Wildman–Crippen MR) is 80.3 cm³/mol. The van der Waals surface area contributed by atoms with Crippen LogP contribution in [0.4, 0.5) is 4.79 Å². The lowest BCUT2D eigenvalue weighted by Gasteiger charge is -2.19. The number of nitrogens with zero attached hydrogens (tertiary/aromatic N) is 2. The molecule has 0 saturated carbocycles. The minimum Gasteiger partial charge on any atom is -0.477 e. The first kappa shape index (κ1) is 16.4. The first-order valence-corrected chi connectivity index (χ1v) is 7.40. The molecule has 0 spiro atoms. The number of aromatic nitrogens is 1. The summed E-state index contributed by atoms with van der Waals surface area (Å²) in [6.07, 6.45) is 1.05. The fraction of sp³-hybridized carbons (Fsp3) is 0.500. The lowest BCUT2D eigenvalue weighted by atomic mass is 10.2. The molecule has 1 aromatic heterocycles. The molecular weight excluding hydrogens is 310 g/mol. The van der Waals surface area contributed by atoms with E-state index < -0.39 is 0 Å². The van der Waals surface area contributed by atoms with Gasteiger partial charge in [0.2, 0.25) is 5.88 Å². The Bertz CT molecular complexity index is 567. The summed E-state index contributed by atoms with van der Waals surface area (Å²) < 4.78 is 10.1. The van der Waals surface area contributed by atoms with Crippen molar-refractivity contribution in [3.8, 4) is 5.88 Å². The third-order valence-electron chi connectivity index (χ3n) is 3.07. The summed E-state index contributed by atoms with van der Waals surface area (Å²) in [6, 6.07) is 1.29. The molecule has 0 bridgehead atoms. The molecular formula is C14H18ClN3O4. The zero-order chi connectivity index (χ0) is 16.1. The first-order chi connectivity index (χ1) is 10.5. The minimum atomic E-state index is -0.355. The highest BCUT2D eigenvalue weighted by molar-refractivity contribution is 6.32. The molecule has 2 heterocycles. The van der Waals surface area contributed by atoms with E-state index in [0.717, 1.165) is 0 Å². The van der Waals surface area contributed by atoms with Gasteiger partial charge in [0.15, 0.2) is 0 Å². The van der Waals surface area contributed by atoms with E-state index in [-0.39, 0.29) is 23.1 Å². The quantitative estimate of drug-likeness (QED) is 0.860. The summed E-state index contributed by atoms with van der Waals surface area (Å²) in [5, 5.41) is 3.08. The van der Waals surface area contributed by atoms with Gasteiger partial charge in [0, 0.05) is 18.8 Å². The average Bonchev–Trinajstić information content (AvgIpc) is 2.86. The third-order valence-corrected chi connectivity index (χ3v) is 3.34. The molecule has 2 amide bonds. The second-order valence-corrected chi connectivity index (χ2v) is 5.29. The molecule has 2 rings (SSSR count). The number of nitrogens with one attached hydrogen (secondary N) is 1. The van der Waals surface area contributed by atoms with Gasteiger partial charge in [-0.05, 0) is 19.9 Å². The summed E-state index contributed by atoms with van der Waals surface area (Å²) in [6.45, 7) is 5.40. The second-order valence-electron chi connectivity index (χ2n) is 4.88. The summed E-state index contributed by atoms with van der Waals surface area (Å²) in [4.78, 5) is 29.1. The Kier molecular flexibility index (Phi) is 5.43. The van der Waals surface area contributed by atoms with Crippen molar-refractivity contribution in [3.63, 3.8) is 0 Å². The van der Waals surface area contributed by atoms with Crippen molar-refractivity contribution in [3.05, 3.63) is 22.8 Å². The van der Waals surface area contributed by atoms with Gasteiger partial charge in [-0.25, -0.2) is 9.78 Å². The monoisotopic (exact) mass is 327 g/mol. The van der Waals surface area contributed by atoms with Crippen LogP contribution in [0.2, 0.25) is 5.02 Å². The number of pyridine rings is 1. The number of cyclic esters (lactones) is 1. The van der Waals surface area contributed by atoms with Crippen LogP contribution < -0.4 is 10.1 Å². The largest absolute Gasteiger partial charge is 0.477 e. The zero-order valence-electron chi connectivity index (χ0n) is 12.5. The topological polar surface area (TPSA) is 80.8 Å². The van der Waals surface area contributed by atoms with Crippen LogP contribution in [0.1, 0.15) is 24.2 Å². The lowest BCUT2D eigenvalue weighted by Crippen LogP contribution is -2.42. The Hall–Kier alpha value is -2.02. The van der Waals surface area contributed by atoms with Crippen LogP contribution in [0.25, 0.3) is 0 Å². The van der Waals surface area contributed by atoms with E-state index in [9.17, 15) is 9.59 Å². The highest BCUT2D eigenvalue weighted by Crippen LogP contribution is 2.22. The smallest absolute Gasteiger partial charge is 0.410 e. The molecule has 22 heavy (non-hydrogen) atoms. The number of ether oxygens (including phenoxy) is 2. The van der Waals surface area contributed by atoms with E-state index >= 15 is 0 Å². The van der Waals surface area contributed by atoms with Crippen molar-refractivity contribution in [1.29, 1.82) is 0 Å². The van der Waals surface area contributed by atoms with Crippen molar-refractivity contribution >= 4 is 23.6 Å². The van der Waals surface area contributed by atoms with Gasteiger partial charge in [-0.15, -0.1) is 0 Å². The highest BCUT2D eigenvalue weighted by Gasteiger charge is 2.24. The summed E-state index contributed by atoms with van der Waals surface area (Å²) in [5.41, 5.74) is 0.337. The predicted octanol–water partition coefficient (Wildman–Crippen LogP) is 1.70. The molecule has 1 N–H and O–H groups in total. The molecule has 0 aliphatic carbocycles. The van der Waals surface area contributed by atoms with Crippen LogP contribution in [0, 0.1) is 0 Å². The Morgan fingerprint density at radius 3 is 3.00 bits per heavy atom. The van der Waals surface area contributed by atoms with Gasteiger partial charge in [-0.1, -0.05) is 11.6 Å². The summed E-state index contributed by atoms with van der Waals surface area (Å²) >= 11 is 6.01. The average molecular weight is 328 g/mol. The molecule has 120 valence electrons. The standard InChI is InChI=1S/C14H18ClN3O4/c1-3-21-13-11(15)6-10(7-16-13)12(19)17-9(2)8-18-4-5-22-14(18)20/h6-7,9H,3-5,8H2,1-2H3,(H,17,19)/t9-/m0/s1. The zero-order valence-corrected chi connectivity index (χ0v) is 13.2. The van der Waals surface area contributed by atoms with Crippen LogP contribution in [0.5, 0.6) is 5.88 Å². The number of carbonyl (C=O) groups is 2. The Balaban J connectivity index is 1.93. The Labute approximate surface area is 133 Å². The van der Waals surface area contributed by atoms with Gasteiger partial charge >= 0.3 is 6.09 Å². The molecule has 1 saturated heterocycles. The van der Waals surface area contributed by atoms with Crippen LogP contribution >= 0.6 is 11.6 Å². The van der Waals surface area contributed by atoms with Gasteiger partial charge in [0.1, 0.15) is 11.6 Å². The number of halogens is 1. The van der Waals surface area contributed by atoms with E-state index in [1.807, 2.05) is 13.8 Å². The van der Waals surface area contributed by atoms with Gasteiger partial charge in [-0.2, -0.15) is 0 Å². The van der Waals surface area contributed by atoms with E-state index in [2.05, 4.69) is 10.3 Å². The van der Waals surface area contributed by atoms with E-state index in [1.54, 1.807) is 4.90 Å². The molecule has 0 unspecified atom stereocenters. The fourth-order valence-corrected chi connectivity index (χ4v) is 2.29. The van der Waals surface area contributed by atoms with Gasteiger partial charge in [0.05, 0.1) is 18.7 Å². The van der Waals surface area contributed by atoms with E-state index in [1.165, 1.54) is 12.3 Å². The van der Waals surface area contributed by atoms with Crippen molar-refractivity contribution in [2.45, 2.75) is 19.9 Å². The van der Waals surface area contributed by atoms with Crippen LogP contribution in [0.3, 0.4) is 0 Å². The maximum Gasteiger partial charge on any atom is 0.410 e. The number of hydrogen-bond donors (Lipinski definition) is 1. The van der Waals surface area contributed by atoms with Gasteiger partial charge < -0.3 is 19.7 Å². The molecule has 0 radical (unpaired) electrons. The first-order valence-electron chi connectivity index (χ1n) is 7.02. The molecule has 1 aliphatic rings. The highest BCUT2D eigenvalue weighted by atomic mass is 35.5. The fourth-order valence-electron chi connectivity index (χ4n) is 2.07. The van der Waals surface area contributed by atoms with Crippen molar-refractivity contribution in [2.24, 2.45) is 0 Å². The third kappa shape index (κ3) is 4.00. The second kappa shape index (κ2) is 7.31. The number of amides is 2. The maximum absolute atomic E-state index is 12.1. The van der Waals surface area contributed by atoms with Crippen LogP contribution in [-0.2, 0) is 4.74 Å². The Morgan fingerprint density at radius 2 is 2.41 bits per heavy atom. The molecule has 1 atom stereocenters. The SMILES string of the molecule is CCOc1ncc(C(=O)N[C@@H](C)CN2CCOC2=O)cc1Cl. The van der Waals surface area contributed by atoms with Crippen molar-refractivity contribution in [1.82, 2.24) is 15.2 Å². The van der Waals surface area contributed by atoms with Crippen LogP contribution in [0.15, 0.2) is 12.3 Å². The van der Waals surface area contributed by atoms with Gasteiger partial charge in [0.25, 0.3) is 5.91 Å². The molecule has 1 aliphatic heterocycles. The molecule has 0 aromatic carbocycles. The maximum atomic E-state index is 12.1. The Morgan fingerprint density at radius 1 is 1.64 bits per heavy atom. The number of carbonyl (C=O) groups excluding carboxylic acids is 2. The molecule has 1 fully saturated rings. The van der Waals surface area contributed by atoms with Crippen LogP contribution in [-0.4, -0.2) is 54.2 Å². The minimum absolute atomic E-state index is 0.219. The van der Waals surface area contributed by atoms with Crippen molar-refractivity contribution < 1.29 is 19.1 Å². The summed E-state index contributed by atoms with van der Waals surface area (Å²) in [7, 11) is 0. The van der Waals surface area contributed by atoms with E-state index in [0.29, 0.717) is 37.7 Å². The van der Waals surface area contributed by atoms with E-state index in [4.69, 9.17) is 21.1 Å². The van der Waals surface area contributed by atoms with Gasteiger partial charge in [-0.3, -0.25) is 4.79 Å². The van der Waals surface area contributed by atoms with Crippen molar-refractivity contribution in [2.75, 3.05) is 26.3 Å². The molecule has 1 aromatic rings.